The van der Waals surface area contributed by atoms with Gasteiger partial charge in [0.1, 0.15) is 5.69 Å². The highest BCUT2D eigenvalue weighted by atomic mass is 32.2. The molecular weight excluding hydrogens is 272 g/mol. The van der Waals surface area contributed by atoms with Crippen molar-refractivity contribution in [3.05, 3.63) is 29.7 Å². The van der Waals surface area contributed by atoms with Gasteiger partial charge in [0.25, 0.3) is 5.89 Å². The smallest absolute Gasteiger partial charge is 0.276 e. The summed E-state index contributed by atoms with van der Waals surface area (Å²) in [4.78, 5) is 8.69. The number of nitrogens with two attached hydrogens (primary N) is 1. The molecule has 2 heterocycles. The minimum atomic E-state index is 0.482. The van der Waals surface area contributed by atoms with Crippen molar-refractivity contribution in [1.82, 2.24) is 15.1 Å². The van der Waals surface area contributed by atoms with Crippen LogP contribution >= 0.6 is 11.8 Å². The van der Waals surface area contributed by atoms with Gasteiger partial charge in [-0.2, -0.15) is 16.7 Å². The van der Waals surface area contributed by atoms with Crippen LogP contribution in [-0.4, -0.2) is 20.4 Å². The van der Waals surface area contributed by atoms with Crippen LogP contribution in [0.15, 0.2) is 22.9 Å². The van der Waals surface area contributed by atoms with Crippen LogP contribution in [0.25, 0.3) is 11.6 Å². The molecule has 0 spiro atoms. The summed E-state index contributed by atoms with van der Waals surface area (Å²) in [5.41, 5.74) is 7.24. The number of pyridine rings is 1. The molecule has 1 fully saturated rings. The molecule has 0 aliphatic heterocycles. The van der Waals surface area contributed by atoms with Gasteiger partial charge in [-0.15, -0.1) is 0 Å². The Morgan fingerprint density at radius 2 is 2.15 bits per heavy atom. The predicted octanol–water partition coefficient (Wildman–Crippen LogP) is 2.77. The zero-order valence-electron chi connectivity index (χ0n) is 11.3. The molecule has 3 rings (SSSR count). The molecule has 2 aromatic rings. The van der Waals surface area contributed by atoms with Gasteiger partial charge in [0.2, 0.25) is 0 Å². The first kappa shape index (κ1) is 13.6. The van der Waals surface area contributed by atoms with Crippen molar-refractivity contribution in [3.63, 3.8) is 0 Å². The molecule has 1 aliphatic rings. The topological polar surface area (TPSA) is 77.8 Å². The average Bonchev–Trinajstić information content (AvgIpc) is 3.17. The number of rotatable bonds is 5. The van der Waals surface area contributed by atoms with E-state index in [1.165, 1.54) is 25.7 Å². The molecule has 20 heavy (non-hydrogen) atoms. The fourth-order valence-electron chi connectivity index (χ4n) is 2.34. The van der Waals surface area contributed by atoms with Crippen LogP contribution in [-0.2, 0) is 12.3 Å². The largest absolute Gasteiger partial charge is 0.332 e. The summed E-state index contributed by atoms with van der Waals surface area (Å²) >= 11 is 1.93. The number of thioether (sulfide) groups is 1. The van der Waals surface area contributed by atoms with E-state index < -0.39 is 0 Å². The highest BCUT2D eigenvalue weighted by Crippen LogP contribution is 2.31. The lowest BCUT2D eigenvalue weighted by Gasteiger charge is -2.04. The Hall–Kier alpha value is -1.40. The lowest BCUT2D eigenvalue weighted by molar-refractivity contribution is 0.424. The van der Waals surface area contributed by atoms with Gasteiger partial charge in [0.15, 0.2) is 5.82 Å². The van der Waals surface area contributed by atoms with Crippen molar-refractivity contribution in [2.75, 3.05) is 0 Å². The van der Waals surface area contributed by atoms with E-state index in [1.807, 2.05) is 23.9 Å². The van der Waals surface area contributed by atoms with Gasteiger partial charge in [-0.1, -0.05) is 24.1 Å². The summed E-state index contributed by atoms with van der Waals surface area (Å²) in [5.74, 6) is 2.05. The van der Waals surface area contributed by atoms with Crippen molar-refractivity contribution < 1.29 is 4.52 Å². The van der Waals surface area contributed by atoms with E-state index >= 15 is 0 Å². The van der Waals surface area contributed by atoms with Gasteiger partial charge < -0.3 is 10.3 Å². The van der Waals surface area contributed by atoms with E-state index in [2.05, 4.69) is 15.1 Å². The van der Waals surface area contributed by atoms with Crippen LogP contribution in [0.5, 0.6) is 0 Å². The zero-order valence-corrected chi connectivity index (χ0v) is 12.1. The molecular formula is C14H18N4OS. The van der Waals surface area contributed by atoms with Crippen molar-refractivity contribution in [1.29, 1.82) is 0 Å². The Kier molecular flexibility index (Phi) is 4.32. The number of hydrogen-bond acceptors (Lipinski definition) is 6. The molecule has 6 heteroatoms. The average molecular weight is 290 g/mol. The molecule has 0 bridgehead atoms. The normalized spacial score (nSPS) is 15.8. The Morgan fingerprint density at radius 1 is 1.30 bits per heavy atom. The lowest BCUT2D eigenvalue weighted by Crippen LogP contribution is -1.97. The molecule has 1 aliphatic carbocycles. The van der Waals surface area contributed by atoms with Crippen LogP contribution in [0.4, 0.5) is 0 Å². The van der Waals surface area contributed by atoms with Crippen LogP contribution < -0.4 is 5.73 Å². The molecule has 2 aromatic heterocycles. The van der Waals surface area contributed by atoms with Crippen LogP contribution in [0, 0.1) is 0 Å². The second-order valence-corrected chi connectivity index (χ2v) is 6.28. The third-order valence-corrected chi connectivity index (χ3v) is 4.87. The molecule has 2 N–H and O–H groups in total. The first-order chi connectivity index (χ1) is 9.85. The predicted molar refractivity (Wildman–Crippen MR) is 79.0 cm³/mol. The van der Waals surface area contributed by atoms with E-state index in [9.17, 15) is 0 Å². The minimum Gasteiger partial charge on any atom is -0.332 e. The van der Waals surface area contributed by atoms with Crippen LogP contribution in [0.1, 0.15) is 37.1 Å². The highest BCUT2D eigenvalue weighted by Gasteiger charge is 2.17. The Bertz CT molecular complexity index is 549. The first-order valence-corrected chi connectivity index (χ1v) is 7.99. The number of nitrogens with zero attached hydrogens (tertiary/aromatic N) is 3. The van der Waals surface area contributed by atoms with Crippen molar-refractivity contribution >= 4 is 11.8 Å². The second-order valence-electron chi connectivity index (χ2n) is 4.99. The SMILES string of the molecule is NCc1ccc(-c2nc(CSC3CCCC3)no2)nc1. The summed E-state index contributed by atoms with van der Waals surface area (Å²) in [7, 11) is 0. The van der Waals surface area contributed by atoms with Gasteiger partial charge in [-0.25, -0.2) is 0 Å². The Labute approximate surface area is 122 Å². The van der Waals surface area contributed by atoms with Gasteiger partial charge in [0, 0.05) is 18.0 Å². The molecule has 0 amide bonds. The molecule has 0 radical (unpaired) electrons. The Balaban J connectivity index is 1.62. The molecule has 0 atom stereocenters. The van der Waals surface area contributed by atoms with Crippen molar-refractivity contribution in [2.24, 2.45) is 5.73 Å². The van der Waals surface area contributed by atoms with E-state index in [0.717, 1.165) is 22.4 Å². The van der Waals surface area contributed by atoms with Crippen molar-refractivity contribution in [3.8, 4) is 11.6 Å². The minimum absolute atomic E-state index is 0.482. The van der Waals surface area contributed by atoms with E-state index in [1.54, 1.807) is 6.20 Å². The molecule has 0 unspecified atom stereocenters. The molecule has 1 saturated carbocycles. The van der Waals surface area contributed by atoms with Gasteiger partial charge in [-0.05, 0) is 24.5 Å². The van der Waals surface area contributed by atoms with E-state index in [-0.39, 0.29) is 0 Å². The summed E-state index contributed by atoms with van der Waals surface area (Å²) in [6.45, 7) is 0.486. The monoisotopic (exact) mass is 290 g/mol. The quantitative estimate of drug-likeness (QED) is 0.912. The summed E-state index contributed by atoms with van der Waals surface area (Å²) in [5, 5.41) is 4.79. The number of hydrogen-bond donors (Lipinski definition) is 1. The first-order valence-electron chi connectivity index (χ1n) is 6.94. The van der Waals surface area contributed by atoms with E-state index in [4.69, 9.17) is 10.3 Å². The van der Waals surface area contributed by atoms with E-state index in [0.29, 0.717) is 18.1 Å². The Morgan fingerprint density at radius 3 is 2.85 bits per heavy atom. The third kappa shape index (κ3) is 3.19. The molecule has 106 valence electrons. The highest BCUT2D eigenvalue weighted by molar-refractivity contribution is 7.99. The third-order valence-electron chi connectivity index (χ3n) is 3.50. The lowest BCUT2D eigenvalue weighted by atomic mass is 10.2. The van der Waals surface area contributed by atoms with Crippen molar-refractivity contribution in [2.45, 2.75) is 43.2 Å². The fraction of sp³-hybridized carbons (Fsp3) is 0.500. The summed E-state index contributed by atoms with van der Waals surface area (Å²) < 4.78 is 5.27. The molecule has 0 aromatic carbocycles. The summed E-state index contributed by atoms with van der Waals surface area (Å²) in [6, 6.07) is 3.79. The maximum absolute atomic E-state index is 5.55. The number of aromatic nitrogens is 3. The van der Waals surface area contributed by atoms with Crippen LogP contribution in [0.3, 0.4) is 0 Å². The zero-order chi connectivity index (χ0) is 13.8. The van der Waals surface area contributed by atoms with Gasteiger partial charge >= 0.3 is 0 Å². The van der Waals surface area contributed by atoms with Crippen LogP contribution in [0.2, 0.25) is 0 Å². The standard InChI is InChI=1S/C14H18N4OS/c15-7-10-5-6-12(16-8-10)14-17-13(18-19-14)9-20-11-3-1-2-4-11/h5-6,8,11H,1-4,7,9,15H2. The fourth-order valence-corrected chi connectivity index (χ4v) is 3.50. The van der Waals surface area contributed by atoms with Gasteiger partial charge in [0.05, 0.1) is 5.75 Å². The molecule has 0 saturated heterocycles. The summed E-state index contributed by atoms with van der Waals surface area (Å²) in [6.07, 6.45) is 7.08. The maximum atomic E-state index is 5.55. The maximum Gasteiger partial charge on any atom is 0.276 e. The van der Waals surface area contributed by atoms with Gasteiger partial charge in [-0.3, -0.25) is 4.98 Å². The molecule has 5 nitrogen and oxygen atoms in total. The second kappa shape index (κ2) is 6.37.